The first-order valence-electron chi connectivity index (χ1n) is 4.11. The average Bonchev–Trinajstić information content (AvgIpc) is 2.12. The molecule has 0 spiro atoms. The van der Waals surface area contributed by atoms with Crippen LogP contribution >= 0.6 is 15.9 Å². The van der Waals surface area contributed by atoms with Crippen LogP contribution in [0.5, 0.6) is 0 Å². The molecule has 0 aliphatic carbocycles. The summed E-state index contributed by atoms with van der Waals surface area (Å²) in [5.74, 6) is -3.33. The number of carbonyl (C=O) groups is 1. The van der Waals surface area contributed by atoms with Gasteiger partial charge in [0.15, 0.2) is 6.10 Å². The minimum absolute atomic E-state index is 0.340. The average molecular weight is 317 g/mol. The Balaban J connectivity index is 3.33. The van der Waals surface area contributed by atoms with E-state index in [1.54, 1.807) is 0 Å². The predicted molar refractivity (Wildman–Crippen MR) is 51.7 cm³/mol. The first-order valence-corrected chi connectivity index (χ1v) is 4.91. The molecule has 0 amide bonds. The van der Waals surface area contributed by atoms with Gasteiger partial charge in [-0.05, 0) is 17.7 Å². The van der Waals surface area contributed by atoms with E-state index in [9.17, 15) is 22.4 Å². The summed E-state index contributed by atoms with van der Waals surface area (Å²) < 4.78 is 49.6. The highest BCUT2D eigenvalue weighted by atomic mass is 79.9. The molecule has 8 heteroatoms. The number of rotatable bonds is 2. The fourth-order valence-corrected chi connectivity index (χ4v) is 1.84. The Morgan fingerprint density at radius 1 is 1.35 bits per heavy atom. The van der Waals surface area contributed by atoms with Crippen molar-refractivity contribution in [2.45, 2.75) is 12.3 Å². The molecule has 1 aromatic carbocycles. The van der Waals surface area contributed by atoms with E-state index >= 15 is 0 Å². The minimum atomic E-state index is -4.91. The molecule has 3 nitrogen and oxygen atoms in total. The van der Waals surface area contributed by atoms with E-state index in [1.807, 2.05) is 0 Å². The van der Waals surface area contributed by atoms with Gasteiger partial charge in [0.05, 0.1) is 0 Å². The highest BCUT2D eigenvalue weighted by molar-refractivity contribution is 9.10. The van der Waals surface area contributed by atoms with Crippen LogP contribution in [0.15, 0.2) is 16.6 Å². The fourth-order valence-electron chi connectivity index (χ4n) is 1.16. The molecule has 1 aromatic rings. The number of aliphatic hydroxyl groups is 1. The van der Waals surface area contributed by atoms with Gasteiger partial charge in [0, 0.05) is 4.47 Å². The Hall–Kier alpha value is -1.15. The summed E-state index contributed by atoms with van der Waals surface area (Å²) >= 11 is 2.49. The lowest BCUT2D eigenvalue weighted by Crippen LogP contribution is -2.14. The van der Waals surface area contributed by atoms with E-state index in [1.165, 1.54) is 0 Å². The summed E-state index contributed by atoms with van der Waals surface area (Å²) in [5, 5.41) is 17.5. The largest absolute Gasteiger partial charge is 0.479 e. The van der Waals surface area contributed by atoms with E-state index in [2.05, 4.69) is 15.9 Å². The van der Waals surface area contributed by atoms with Crippen LogP contribution in [-0.2, 0) is 11.0 Å². The lowest BCUT2D eigenvalue weighted by atomic mass is 10.1. The third-order valence-corrected chi connectivity index (χ3v) is 2.52. The van der Waals surface area contributed by atoms with Crippen LogP contribution < -0.4 is 0 Å². The highest BCUT2D eigenvalue weighted by Crippen LogP contribution is 2.38. The third kappa shape index (κ3) is 2.95. The van der Waals surface area contributed by atoms with Crippen molar-refractivity contribution in [3.05, 3.63) is 33.5 Å². The van der Waals surface area contributed by atoms with Gasteiger partial charge in [-0.15, -0.1) is 0 Å². The maximum Gasteiger partial charge on any atom is 0.420 e. The molecule has 1 atom stereocenters. The van der Waals surface area contributed by atoms with Crippen molar-refractivity contribution in [2.24, 2.45) is 0 Å². The molecule has 0 saturated carbocycles. The Labute approximate surface area is 101 Å². The van der Waals surface area contributed by atoms with Crippen LogP contribution in [-0.4, -0.2) is 16.2 Å². The van der Waals surface area contributed by atoms with Gasteiger partial charge in [-0.25, -0.2) is 9.18 Å². The fraction of sp³-hybridized carbons (Fsp3) is 0.222. The molecule has 0 bridgehead atoms. The summed E-state index contributed by atoms with van der Waals surface area (Å²) in [6.07, 6.45) is -6.99. The Morgan fingerprint density at radius 2 is 1.88 bits per heavy atom. The van der Waals surface area contributed by atoms with Crippen molar-refractivity contribution in [3.63, 3.8) is 0 Å². The first-order chi connectivity index (χ1) is 7.64. The SMILES string of the molecule is O=C(O)C(O)c1cc(F)c(C(F)(F)F)c(Br)c1. The van der Waals surface area contributed by atoms with E-state index in [0.717, 1.165) is 0 Å². The van der Waals surface area contributed by atoms with Gasteiger partial charge in [0.25, 0.3) is 0 Å². The monoisotopic (exact) mass is 316 g/mol. The minimum Gasteiger partial charge on any atom is -0.479 e. The van der Waals surface area contributed by atoms with Gasteiger partial charge in [0.2, 0.25) is 0 Å². The van der Waals surface area contributed by atoms with Gasteiger partial charge >= 0.3 is 12.1 Å². The first kappa shape index (κ1) is 13.9. The van der Waals surface area contributed by atoms with E-state index in [4.69, 9.17) is 10.2 Å². The van der Waals surface area contributed by atoms with Crippen molar-refractivity contribution in [2.75, 3.05) is 0 Å². The number of hydrogen-bond donors (Lipinski definition) is 2. The van der Waals surface area contributed by atoms with Gasteiger partial charge in [-0.3, -0.25) is 0 Å². The molecule has 0 saturated heterocycles. The molecule has 0 aliphatic rings. The Bertz CT molecular complexity index is 435. The molecular weight excluding hydrogens is 312 g/mol. The standard InChI is InChI=1S/C9H5BrF4O3/c10-4-1-3(7(15)8(16)17)2-5(11)6(4)9(12,13)14/h1-2,7,15H,(H,16,17). The van der Waals surface area contributed by atoms with E-state index in [-0.39, 0.29) is 0 Å². The van der Waals surface area contributed by atoms with Crippen LogP contribution in [0, 0.1) is 5.82 Å². The maximum absolute atomic E-state index is 13.2. The highest BCUT2D eigenvalue weighted by Gasteiger charge is 2.37. The van der Waals surface area contributed by atoms with Crippen molar-refractivity contribution < 1.29 is 32.6 Å². The molecule has 1 unspecified atom stereocenters. The predicted octanol–water partition coefficient (Wildman–Crippen LogP) is 2.73. The molecule has 0 fully saturated rings. The normalized spacial score (nSPS) is 13.5. The zero-order valence-corrected chi connectivity index (χ0v) is 9.51. The smallest absolute Gasteiger partial charge is 0.420 e. The third-order valence-electron chi connectivity index (χ3n) is 1.90. The number of carboxylic acid groups (broad SMARTS) is 1. The lowest BCUT2D eigenvalue weighted by Gasteiger charge is -2.13. The van der Waals surface area contributed by atoms with Crippen LogP contribution in [0.1, 0.15) is 17.2 Å². The molecule has 0 radical (unpaired) electrons. The number of benzene rings is 1. The van der Waals surface area contributed by atoms with Crippen molar-refractivity contribution in [1.29, 1.82) is 0 Å². The summed E-state index contributed by atoms with van der Waals surface area (Å²) in [6, 6.07) is 1.05. The number of carboxylic acids is 1. The second-order valence-corrected chi connectivity index (χ2v) is 3.95. The summed E-state index contributed by atoms with van der Waals surface area (Å²) in [6.45, 7) is 0. The summed E-state index contributed by atoms with van der Waals surface area (Å²) in [4.78, 5) is 10.4. The number of aliphatic hydroxyl groups excluding tert-OH is 1. The van der Waals surface area contributed by atoms with Crippen molar-refractivity contribution >= 4 is 21.9 Å². The number of alkyl halides is 3. The van der Waals surface area contributed by atoms with E-state index < -0.39 is 39.7 Å². The molecular formula is C9H5BrF4O3. The topological polar surface area (TPSA) is 57.5 Å². The maximum atomic E-state index is 13.2. The molecule has 94 valence electrons. The van der Waals surface area contributed by atoms with Gasteiger partial charge in [0.1, 0.15) is 11.4 Å². The molecule has 0 heterocycles. The molecule has 0 aromatic heterocycles. The molecule has 17 heavy (non-hydrogen) atoms. The van der Waals surface area contributed by atoms with Crippen LogP contribution in [0.2, 0.25) is 0 Å². The van der Waals surface area contributed by atoms with E-state index in [0.29, 0.717) is 12.1 Å². The Kier molecular flexibility index (Phi) is 3.78. The van der Waals surface area contributed by atoms with Crippen molar-refractivity contribution in [3.8, 4) is 0 Å². The molecule has 2 N–H and O–H groups in total. The Morgan fingerprint density at radius 3 is 2.24 bits per heavy atom. The quantitative estimate of drug-likeness (QED) is 0.825. The zero-order chi connectivity index (χ0) is 13.4. The summed E-state index contributed by atoms with van der Waals surface area (Å²) in [7, 11) is 0. The van der Waals surface area contributed by atoms with Crippen molar-refractivity contribution in [1.82, 2.24) is 0 Å². The zero-order valence-electron chi connectivity index (χ0n) is 7.92. The van der Waals surface area contributed by atoms with Gasteiger partial charge < -0.3 is 10.2 Å². The second kappa shape index (κ2) is 4.61. The van der Waals surface area contributed by atoms with Gasteiger partial charge in [-0.1, -0.05) is 15.9 Å². The number of halogens is 5. The second-order valence-electron chi connectivity index (χ2n) is 3.10. The van der Waals surface area contributed by atoms with Crippen LogP contribution in [0.4, 0.5) is 17.6 Å². The number of hydrogen-bond acceptors (Lipinski definition) is 2. The molecule has 1 rings (SSSR count). The summed E-state index contributed by atoms with van der Waals surface area (Å²) in [5.41, 5.74) is -2.02. The molecule has 0 aliphatic heterocycles. The lowest BCUT2D eigenvalue weighted by molar-refractivity contribution is -0.146. The van der Waals surface area contributed by atoms with Crippen LogP contribution in [0.3, 0.4) is 0 Å². The van der Waals surface area contributed by atoms with Gasteiger partial charge in [-0.2, -0.15) is 13.2 Å². The van der Waals surface area contributed by atoms with Crippen LogP contribution in [0.25, 0.3) is 0 Å². The number of aliphatic carboxylic acids is 1.